The van der Waals surface area contributed by atoms with E-state index in [0.717, 1.165) is 12.8 Å². The molecule has 0 aliphatic carbocycles. The molecule has 2 aromatic heterocycles. The van der Waals surface area contributed by atoms with Crippen LogP contribution in [0.3, 0.4) is 0 Å². The molecular formula is C25H27F3N4O4. The summed E-state index contributed by atoms with van der Waals surface area (Å²) in [6, 6.07) is 9.11. The summed E-state index contributed by atoms with van der Waals surface area (Å²) >= 11 is 0. The molecule has 2 atom stereocenters. The fourth-order valence-corrected chi connectivity index (χ4v) is 4.37. The molecule has 1 saturated heterocycles. The first-order valence-electron chi connectivity index (χ1n) is 11.6. The number of nitrogens with zero attached hydrogens (tertiary/aromatic N) is 2. The van der Waals surface area contributed by atoms with Gasteiger partial charge in [0.1, 0.15) is 5.65 Å². The van der Waals surface area contributed by atoms with E-state index in [-0.39, 0.29) is 17.5 Å². The van der Waals surface area contributed by atoms with Gasteiger partial charge in [-0.25, -0.2) is 9.78 Å². The monoisotopic (exact) mass is 504 g/mol. The van der Waals surface area contributed by atoms with Crippen LogP contribution >= 0.6 is 0 Å². The summed E-state index contributed by atoms with van der Waals surface area (Å²) in [4.78, 5) is 30.4. The third-order valence-corrected chi connectivity index (χ3v) is 5.91. The predicted molar refractivity (Wildman–Crippen MR) is 128 cm³/mol. The molecule has 1 amide bonds. The molecule has 1 fully saturated rings. The van der Waals surface area contributed by atoms with Gasteiger partial charge in [-0.2, -0.15) is 13.2 Å². The number of hydrogen-bond donors (Lipinski definition) is 2. The number of nitrogens with one attached hydrogen (secondary N) is 2. The Labute approximate surface area is 205 Å². The van der Waals surface area contributed by atoms with Crippen molar-refractivity contribution in [1.82, 2.24) is 9.55 Å². The Balaban J connectivity index is 1.80. The first-order chi connectivity index (χ1) is 17.2. The van der Waals surface area contributed by atoms with Gasteiger partial charge in [-0.3, -0.25) is 4.79 Å². The van der Waals surface area contributed by atoms with E-state index >= 15 is 0 Å². The highest BCUT2D eigenvalue weighted by Gasteiger charge is 2.31. The molecular weight excluding hydrogens is 477 g/mol. The Morgan fingerprint density at radius 2 is 2.03 bits per heavy atom. The number of benzene rings is 1. The van der Waals surface area contributed by atoms with E-state index in [1.54, 1.807) is 41.0 Å². The molecule has 3 heterocycles. The zero-order valence-electron chi connectivity index (χ0n) is 19.9. The summed E-state index contributed by atoms with van der Waals surface area (Å²) in [5.41, 5.74) is 1.32. The van der Waals surface area contributed by atoms with Gasteiger partial charge in [0.05, 0.1) is 43.8 Å². The van der Waals surface area contributed by atoms with E-state index in [2.05, 4.69) is 15.6 Å². The van der Waals surface area contributed by atoms with Crippen LogP contribution < -0.4 is 10.6 Å². The largest absolute Gasteiger partial charge is 0.464 e. The Bertz CT molecular complexity index is 1240. The smallest absolute Gasteiger partial charge is 0.391 e. The lowest BCUT2D eigenvalue weighted by atomic mass is 10.2. The second-order valence-corrected chi connectivity index (χ2v) is 8.74. The second kappa shape index (κ2) is 10.6. The van der Waals surface area contributed by atoms with Gasteiger partial charge < -0.3 is 24.7 Å². The van der Waals surface area contributed by atoms with Gasteiger partial charge in [-0.1, -0.05) is 18.2 Å². The second-order valence-electron chi connectivity index (χ2n) is 8.74. The van der Waals surface area contributed by atoms with Crippen LogP contribution in [0.2, 0.25) is 0 Å². The summed E-state index contributed by atoms with van der Waals surface area (Å²) < 4.78 is 50.9. The van der Waals surface area contributed by atoms with Crippen molar-refractivity contribution >= 4 is 34.3 Å². The van der Waals surface area contributed by atoms with Gasteiger partial charge in [0.15, 0.2) is 5.69 Å². The Morgan fingerprint density at radius 1 is 1.28 bits per heavy atom. The van der Waals surface area contributed by atoms with Gasteiger partial charge in [-0.05, 0) is 38.0 Å². The number of fused-ring (bicyclic) bond motifs is 1. The summed E-state index contributed by atoms with van der Waals surface area (Å²) in [6.07, 6.45) is -2.44. The Morgan fingerprint density at radius 3 is 2.67 bits per heavy atom. The number of methoxy groups -OCH3 is 1. The Kier molecular flexibility index (Phi) is 7.48. The number of esters is 1. The van der Waals surface area contributed by atoms with E-state index in [9.17, 15) is 22.8 Å². The number of aromatic nitrogens is 2. The quantitative estimate of drug-likeness (QED) is 0.419. The minimum absolute atomic E-state index is 0.0836. The van der Waals surface area contributed by atoms with Crippen LogP contribution in [0, 0.1) is 0 Å². The number of carbonyl (C=O) groups is 2. The summed E-state index contributed by atoms with van der Waals surface area (Å²) in [7, 11) is 1.23. The lowest BCUT2D eigenvalue weighted by molar-refractivity contribution is -0.136. The van der Waals surface area contributed by atoms with Crippen LogP contribution in [0.1, 0.15) is 47.0 Å². The van der Waals surface area contributed by atoms with Crippen molar-refractivity contribution in [3.05, 3.63) is 53.9 Å². The van der Waals surface area contributed by atoms with E-state index in [1.807, 2.05) is 0 Å². The van der Waals surface area contributed by atoms with Crippen LogP contribution in [-0.4, -0.2) is 53.5 Å². The van der Waals surface area contributed by atoms with Crippen LogP contribution in [0.15, 0.2) is 42.6 Å². The topological polar surface area (TPSA) is 94.5 Å². The van der Waals surface area contributed by atoms with Gasteiger partial charge >= 0.3 is 12.1 Å². The SMILES string of the molecule is COC(=O)c1c(NC(=O)c2ccccc2)c2cc(N[C@@H](C)CC(F)(F)F)cnc2n1C[C@H]1CCCO1. The molecule has 0 radical (unpaired) electrons. The predicted octanol–water partition coefficient (Wildman–Crippen LogP) is 5.01. The molecule has 8 nitrogen and oxygen atoms in total. The lowest BCUT2D eigenvalue weighted by Gasteiger charge is -2.17. The molecule has 192 valence electrons. The van der Waals surface area contributed by atoms with Crippen LogP contribution in [0.5, 0.6) is 0 Å². The standard InChI is InChI=1S/C25H27F3N4O4/c1-15(12-25(26,27)28)30-17-11-19-20(31-23(33)16-7-4-3-5-8-16)21(24(34)35-2)32(22(19)29-13-17)14-18-9-6-10-36-18/h3-5,7-8,11,13,15,18,30H,6,9-10,12,14H2,1-2H3,(H,31,33)/t15-,18+/m0/s1. The molecule has 1 aliphatic rings. The minimum atomic E-state index is -4.33. The molecule has 0 saturated carbocycles. The van der Waals surface area contributed by atoms with Gasteiger partial charge in [0.2, 0.25) is 0 Å². The first kappa shape index (κ1) is 25.5. The van der Waals surface area contributed by atoms with Gasteiger partial charge in [-0.15, -0.1) is 0 Å². The van der Waals surface area contributed by atoms with E-state index in [1.165, 1.54) is 20.2 Å². The average Bonchev–Trinajstić information content (AvgIpc) is 3.44. The van der Waals surface area contributed by atoms with Crippen LogP contribution in [0.25, 0.3) is 11.0 Å². The zero-order chi connectivity index (χ0) is 25.9. The van der Waals surface area contributed by atoms with Crippen molar-refractivity contribution in [2.24, 2.45) is 0 Å². The van der Waals surface area contributed by atoms with Crippen molar-refractivity contribution in [3.63, 3.8) is 0 Å². The molecule has 4 rings (SSSR count). The molecule has 2 N–H and O–H groups in total. The number of ether oxygens (including phenoxy) is 2. The number of pyridine rings is 1. The molecule has 36 heavy (non-hydrogen) atoms. The van der Waals surface area contributed by atoms with Crippen molar-refractivity contribution in [2.45, 2.75) is 51.1 Å². The molecule has 0 unspecified atom stereocenters. The highest BCUT2D eigenvalue weighted by atomic mass is 19.4. The summed E-state index contributed by atoms with van der Waals surface area (Å²) in [5.74, 6) is -1.14. The zero-order valence-corrected chi connectivity index (χ0v) is 19.9. The fraction of sp³-hybridized carbons (Fsp3) is 0.400. The highest BCUT2D eigenvalue weighted by molar-refractivity contribution is 6.14. The maximum atomic E-state index is 13.0. The molecule has 11 heteroatoms. The first-order valence-corrected chi connectivity index (χ1v) is 11.6. The number of halogens is 3. The maximum Gasteiger partial charge on any atom is 0.391 e. The van der Waals surface area contributed by atoms with Crippen molar-refractivity contribution in [2.75, 3.05) is 24.4 Å². The maximum absolute atomic E-state index is 13.0. The normalized spacial score (nSPS) is 16.6. The van der Waals surface area contributed by atoms with Crippen molar-refractivity contribution < 1.29 is 32.2 Å². The molecule has 1 aromatic carbocycles. The molecule has 1 aliphatic heterocycles. The summed E-state index contributed by atoms with van der Waals surface area (Å²) in [6.45, 7) is 2.32. The summed E-state index contributed by atoms with van der Waals surface area (Å²) in [5, 5.41) is 5.99. The molecule has 0 spiro atoms. The van der Waals surface area contributed by atoms with E-state index in [4.69, 9.17) is 9.47 Å². The average molecular weight is 505 g/mol. The lowest BCUT2D eigenvalue weighted by Crippen LogP contribution is -2.23. The highest BCUT2D eigenvalue weighted by Crippen LogP contribution is 2.34. The minimum Gasteiger partial charge on any atom is -0.464 e. The third kappa shape index (κ3) is 5.78. The van der Waals surface area contributed by atoms with Crippen LogP contribution in [0.4, 0.5) is 24.5 Å². The number of hydrogen-bond acceptors (Lipinski definition) is 6. The van der Waals surface area contributed by atoms with E-state index in [0.29, 0.717) is 35.4 Å². The number of anilines is 2. The molecule has 3 aromatic rings. The fourth-order valence-electron chi connectivity index (χ4n) is 4.37. The number of alkyl halides is 3. The molecule has 0 bridgehead atoms. The van der Waals surface area contributed by atoms with E-state index < -0.39 is 30.5 Å². The van der Waals surface area contributed by atoms with Gasteiger partial charge in [0, 0.05) is 23.6 Å². The number of amides is 1. The van der Waals surface area contributed by atoms with Crippen molar-refractivity contribution in [3.8, 4) is 0 Å². The van der Waals surface area contributed by atoms with Crippen molar-refractivity contribution in [1.29, 1.82) is 0 Å². The third-order valence-electron chi connectivity index (χ3n) is 5.91. The number of carbonyl (C=O) groups excluding carboxylic acids is 2. The number of rotatable bonds is 8. The van der Waals surface area contributed by atoms with Crippen LogP contribution in [-0.2, 0) is 16.0 Å². The van der Waals surface area contributed by atoms with Gasteiger partial charge in [0.25, 0.3) is 5.91 Å². The Hall–Kier alpha value is -3.60.